The Morgan fingerprint density at radius 1 is 1.24 bits per heavy atom. The Labute approximate surface area is 120 Å². The maximum atomic E-state index is 12.2. The molecule has 108 valence electrons. The topological polar surface area (TPSA) is 92.6 Å². The number of hydrogen-bond acceptors (Lipinski definition) is 5. The highest BCUT2D eigenvalue weighted by Crippen LogP contribution is 2.31. The first kappa shape index (κ1) is 13.3. The van der Waals surface area contributed by atoms with Gasteiger partial charge in [-0.05, 0) is 18.9 Å². The predicted octanol–water partition coefficient (Wildman–Crippen LogP) is 1.50. The lowest BCUT2D eigenvalue weighted by Gasteiger charge is -2.34. The Balaban J connectivity index is 2.07. The summed E-state index contributed by atoms with van der Waals surface area (Å²) in [4.78, 5) is 35.9. The summed E-state index contributed by atoms with van der Waals surface area (Å²) in [6, 6.07) is 5.97. The van der Waals surface area contributed by atoms with Crippen LogP contribution in [0, 0.1) is 10.1 Å². The van der Waals surface area contributed by atoms with E-state index in [2.05, 4.69) is 5.32 Å². The van der Waals surface area contributed by atoms with Gasteiger partial charge in [-0.3, -0.25) is 19.7 Å². The minimum absolute atomic E-state index is 0.00819. The van der Waals surface area contributed by atoms with Crippen molar-refractivity contribution in [1.82, 2.24) is 5.32 Å². The second-order valence-corrected chi connectivity index (χ2v) is 5.02. The first-order valence-electron chi connectivity index (χ1n) is 6.64. The molecule has 2 aliphatic rings. The van der Waals surface area contributed by atoms with E-state index in [0.29, 0.717) is 36.3 Å². The molecule has 7 heteroatoms. The van der Waals surface area contributed by atoms with Crippen molar-refractivity contribution in [3.05, 3.63) is 45.8 Å². The average Bonchev–Trinajstić information content (AvgIpc) is 2.46. The van der Waals surface area contributed by atoms with E-state index in [0.717, 1.165) is 0 Å². The van der Waals surface area contributed by atoms with E-state index in [1.54, 1.807) is 17.0 Å². The molecule has 1 aromatic carbocycles. The van der Waals surface area contributed by atoms with E-state index in [4.69, 9.17) is 0 Å². The molecule has 1 aliphatic heterocycles. The molecule has 1 aromatic rings. The van der Waals surface area contributed by atoms with Crippen LogP contribution in [0.2, 0.25) is 0 Å². The summed E-state index contributed by atoms with van der Waals surface area (Å²) < 4.78 is 0. The summed E-state index contributed by atoms with van der Waals surface area (Å²) in [5, 5.41) is 13.6. The molecule has 0 saturated heterocycles. The number of nitro benzene ring substituents is 1. The van der Waals surface area contributed by atoms with Crippen LogP contribution in [-0.4, -0.2) is 23.2 Å². The van der Waals surface area contributed by atoms with Crippen molar-refractivity contribution in [2.24, 2.45) is 0 Å². The minimum atomic E-state index is -0.495. The SMILES string of the molecule is O=C1CN(c2cccc([N+](=O)[O-])c2)C2=C(CCCC2=O)N1. The zero-order valence-electron chi connectivity index (χ0n) is 11.2. The van der Waals surface area contributed by atoms with Crippen LogP contribution in [0.5, 0.6) is 0 Å². The highest BCUT2D eigenvalue weighted by atomic mass is 16.6. The van der Waals surface area contributed by atoms with Crippen molar-refractivity contribution >= 4 is 23.1 Å². The van der Waals surface area contributed by atoms with Crippen molar-refractivity contribution in [3.8, 4) is 0 Å². The molecule has 0 saturated carbocycles. The van der Waals surface area contributed by atoms with Gasteiger partial charge in [-0.1, -0.05) is 6.07 Å². The van der Waals surface area contributed by atoms with Crippen LogP contribution in [0.15, 0.2) is 35.7 Å². The molecule has 0 spiro atoms. The maximum absolute atomic E-state index is 12.2. The number of amides is 1. The number of benzene rings is 1. The van der Waals surface area contributed by atoms with Gasteiger partial charge >= 0.3 is 0 Å². The smallest absolute Gasteiger partial charge is 0.271 e. The number of non-ortho nitro benzene ring substituents is 1. The van der Waals surface area contributed by atoms with E-state index in [1.807, 2.05) is 0 Å². The first-order valence-corrected chi connectivity index (χ1v) is 6.64. The van der Waals surface area contributed by atoms with E-state index in [-0.39, 0.29) is 23.9 Å². The van der Waals surface area contributed by atoms with Crippen molar-refractivity contribution in [2.45, 2.75) is 19.3 Å². The minimum Gasteiger partial charge on any atom is -0.327 e. The van der Waals surface area contributed by atoms with E-state index in [9.17, 15) is 19.7 Å². The van der Waals surface area contributed by atoms with Gasteiger partial charge in [0.15, 0.2) is 5.78 Å². The Bertz CT molecular complexity index is 681. The van der Waals surface area contributed by atoms with Gasteiger partial charge in [0.05, 0.1) is 4.92 Å². The normalized spacial score (nSPS) is 18.4. The van der Waals surface area contributed by atoms with Crippen molar-refractivity contribution in [2.75, 3.05) is 11.4 Å². The highest BCUT2D eigenvalue weighted by Gasteiger charge is 2.32. The quantitative estimate of drug-likeness (QED) is 0.657. The monoisotopic (exact) mass is 287 g/mol. The molecule has 21 heavy (non-hydrogen) atoms. The summed E-state index contributed by atoms with van der Waals surface area (Å²) >= 11 is 0. The molecule has 0 aromatic heterocycles. The highest BCUT2D eigenvalue weighted by molar-refractivity contribution is 6.04. The van der Waals surface area contributed by atoms with Crippen molar-refractivity contribution in [1.29, 1.82) is 0 Å². The van der Waals surface area contributed by atoms with Gasteiger partial charge in [0, 0.05) is 29.9 Å². The molecule has 7 nitrogen and oxygen atoms in total. The zero-order valence-corrected chi connectivity index (χ0v) is 11.2. The van der Waals surface area contributed by atoms with Crippen LogP contribution in [-0.2, 0) is 9.59 Å². The average molecular weight is 287 g/mol. The number of allylic oxidation sites excluding steroid dienone is 2. The Morgan fingerprint density at radius 2 is 2.05 bits per heavy atom. The summed E-state index contributed by atoms with van der Waals surface area (Å²) in [5.74, 6) is -0.252. The number of anilines is 1. The summed E-state index contributed by atoms with van der Waals surface area (Å²) in [6.07, 6.45) is 1.78. The van der Waals surface area contributed by atoms with Gasteiger partial charge in [0.1, 0.15) is 12.2 Å². The molecule has 0 bridgehead atoms. The number of carbonyl (C=O) groups excluding carboxylic acids is 2. The molecular weight excluding hydrogens is 274 g/mol. The second-order valence-electron chi connectivity index (χ2n) is 5.02. The molecular formula is C14H13N3O4. The molecule has 0 unspecified atom stereocenters. The lowest BCUT2D eigenvalue weighted by Crippen LogP contribution is -2.47. The van der Waals surface area contributed by atoms with Gasteiger partial charge in [0.25, 0.3) is 5.69 Å². The summed E-state index contributed by atoms with van der Waals surface area (Å²) in [7, 11) is 0. The van der Waals surface area contributed by atoms with Gasteiger partial charge in [-0.25, -0.2) is 0 Å². The molecule has 0 fully saturated rings. The van der Waals surface area contributed by atoms with Crippen LogP contribution >= 0.6 is 0 Å². The van der Waals surface area contributed by atoms with Crippen LogP contribution in [0.1, 0.15) is 19.3 Å². The van der Waals surface area contributed by atoms with Gasteiger partial charge in [-0.2, -0.15) is 0 Å². The predicted molar refractivity (Wildman–Crippen MR) is 74.5 cm³/mol. The maximum Gasteiger partial charge on any atom is 0.271 e. The number of hydrogen-bond donors (Lipinski definition) is 1. The molecule has 0 radical (unpaired) electrons. The number of nitrogens with one attached hydrogen (secondary N) is 1. The summed E-state index contributed by atoms with van der Waals surface area (Å²) in [6.45, 7) is -0.00819. The molecule has 3 rings (SSSR count). The third-order valence-electron chi connectivity index (χ3n) is 3.59. The molecule has 1 aliphatic carbocycles. The standard InChI is InChI=1S/C14H13N3O4/c18-12-6-2-5-11-14(12)16(8-13(19)15-11)9-3-1-4-10(7-9)17(20)21/h1,3-4,7H,2,5-6,8H2,(H,15,19). The number of nitro groups is 1. The van der Waals surface area contributed by atoms with E-state index >= 15 is 0 Å². The second kappa shape index (κ2) is 5.01. The number of ketones is 1. The number of nitrogens with zero attached hydrogens (tertiary/aromatic N) is 2. The van der Waals surface area contributed by atoms with E-state index < -0.39 is 4.92 Å². The van der Waals surface area contributed by atoms with Crippen LogP contribution in [0.25, 0.3) is 0 Å². The largest absolute Gasteiger partial charge is 0.327 e. The number of carbonyl (C=O) groups is 2. The first-order chi connectivity index (χ1) is 10.1. The van der Waals surface area contributed by atoms with Crippen molar-refractivity contribution in [3.63, 3.8) is 0 Å². The fourth-order valence-electron chi connectivity index (χ4n) is 2.69. The number of rotatable bonds is 2. The van der Waals surface area contributed by atoms with Crippen molar-refractivity contribution < 1.29 is 14.5 Å². The third-order valence-corrected chi connectivity index (χ3v) is 3.59. The van der Waals surface area contributed by atoms with Crippen LogP contribution < -0.4 is 10.2 Å². The van der Waals surface area contributed by atoms with Gasteiger partial charge < -0.3 is 10.2 Å². The molecule has 1 N–H and O–H groups in total. The van der Waals surface area contributed by atoms with Gasteiger partial charge in [-0.15, -0.1) is 0 Å². The number of Topliss-reactive ketones (excluding diaryl/α,β-unsaturated/α-hetero) is 1. The Morgan fingerprint density at radius 3 is 2.81 bits per heavy atom. The molecule has 1 heterocycles. The van der Waals surface area contributed by atoms with Crippen LogP contribution in [0.3, 0.4) is 0 Å². The Hall–Kier alpha value is -2.70. The summed E-state index contributed by atoms with van der Waals surface area (Å²) in [5.41, 5.74) is 1.50. The fourth-order valence-corrected chi connectivity index (χ4v) is 2.69. The lowest BCUT2D eigenvalue weighted by molar-refractivity contribution is -0.384. The van der Waals surface area contributed by atoms with E-state index in [1.165, 1.54) is 12.1 Å². The molecule has 0 atom stereocenters. The lowest BCUT2D eigenvalue weighted by atomic mass is 9.96. The third kappa shape index (κ3) is 2.37. The molecule has 1 amide bonds. The zero-order chi connectivity index (χ0) is 15.0. The van der Waals surface area contributed by atoms with Crippen LogP contribution in [0.4, 0.5) is 11.4 Å². The fraction of sp³-hybridized carbons (Fsp3) is 0.286. The Kier molecular flexibility index (Phi) is 3.17. The van der Waals surface area contributed by atoms with Gasteiger partial charge in [0.2, 0.25) is 5.91 Å².